The molecule has 0 spiro atoms. The van der Waals surface area contributed by atoms with Crippen molar-refractivity contribution in [2.24, 2.45) is 5.92 Å². The first-order valence-electron chi connectivity index (χ1n) is 7.05. The summed E-state index contributed by atoms with van der Waals surface area (Å²) in [5.41, 5.74) is 0.857. The Balaban J connectivity index is 1.71. The number of nitrogens with zero attached hydrogens (tertiary/aromatic N) is 2. The molecule has 2 aliphatic heterocycles. The molecule has 3 heterocycles. The van der Waals surface area contributed by atoms with Gasteiger partial charge in [-0.1, -0.05) is 15.9 Å². The zero-order valence-electron chi connectivity index (χ0n) is 11.4. The Morgan fingerprint density at radius 3 is 3.00 bits per heavy atom. The predicted molar refractivity (Wildman–Crippen MR) is 81.9 cm³/mol. The fourth-order valence-electron chi connectivity index (χ4n) is 3.67. The van der Waals surface area contributed by atoms with E-state index in [1.54, 1.807) is 11.1 Å². The van der Waals surface area contributed by atoms with Gasteiger partial charge < -0.3 is 4.90 Å². The van der Waals surface area contributed by atoms with E-state index in [0.717, 1.165) is 28.2 Å². The number of rotatable bonds is 2. The molecule has 1 amide bonds. The number of benzene rings is 1. The number of carbonyl (C=O) groups excluding carboxylic acids is 1. The normalized spacial score (nSPS) is 27.0. The standard InChI is InChI=1S/C16H14BrFN2O/c17-13-1-2-14-11(4-13)3-12(7-19-14)15(21)20-8-10-5-16(20,6-10)9-18/h1-4,7,10H,5-6,8-9H2. The minimum absolute atomic E-state index is 0.0953. The smallest absolute Gasteiger partial charge is 0.256 e. The Hall–Kier alpha value is -1.49. The van der Waals surface area contributed by atoms with Crippen LogP contribution in [0.4, 0.5) is 4.39 Å². The molecule has 2 aromatic rings. The molecule has 108 valence electrons. The second-order valence-electron chi connectivity index (χ2n) is 6.11. The third kappa shape index (κ3) is 1.90. The van der Waals surface area contributed by atoms with Crippen LogP contribution in [0.1, 0.15) is 23.2 Å². The minimum Gasteiger partial charge on any atom is -0.330 e. The van der Waals surface area contributed by atoms with Crippen molar-refractivity contribution >= 4 is 32.7 Å². The zero-order valence-corrected chi connectivity index (χ0v) is 12.9. The summed E-state index contributed by atoms with van der Waals surface area (Å²) < 4.78 is 14.3. The first-order chi connectivity index (χ1) is 10.1. The molecule has 3 aliphatic rings. The minimum atomic E-state index is -0.534. The maximum Gasteiger partial charge on any atom is 0.256 e. The highest BCUT2D eigenvalue weighted by molar-refractivity contribution is 9.10. The van der Waals surface area contributed by atoms with Crippen LogP contribution in [0.5, 0.6) is 0 Å². The van der Waals surface area contributed by atoms with E-state index in [0.29, 0.717) is 18.0 Å². The van der Waals surface area contributed by atoms with Gasteiger partial charge in [-0.3, -0.25) is 9.78 Å². The van der Waals surface area contributed by atoms with Gasteiger partial charge in [-0.2, -0.15) is 0 Å². The van der Waals surface area contributed by atoms with E-state index in [4.69, 9.17) is 0 Å². The van der Waals surface area contributed by atoms with Gasteiger partial charge in [0.1, 0.15) is 6.67 Å². The Morgan fingerprint density at radius 2 is 2.24 bits per heavy atom. The van der Waals surface area contributed by atoms with Crippen LogP contribution in [0.15, 0.2) is 34.9 Å². The first-order valence-corrected chi connectivity index (χ1v) is 7.84. The van der Waals surface area contributed by atoms with Crippen molar-refractivity contribution in [3.63, 3.8) is 0 Å². The molecule has 2 saturated heterocycles. The summed E-state index contributed by atoms with van der Waals surface area (Å²) in [6.07, 6.45) is 3.21. The maximum absolute atomic E-state index is 13.3. The van der Waals surface area contributed by atoms with E-state index in [-0.39, 0.29) is 5.91 Å². The number of aromatic nitrogens is 1. The molecule has 1 aliphatic carbocycles. The third-order valence-corrected chi connectivity index (χ3v) is 5.23. The number of hydrogen-bond acceptors (Lipinski definition) is 2. The van der Waals surface area contributed by atoms with Crippen molar-refractivity contribution < 1.29 is 9.18 Å². The fraction of sp³-hybridized carbons (Fsp3) is 0.375. The lowest BCUT2D eigenvalue weighted by molar-refractivity contribution is 0.0471. The number of hydrogen-bond donors (Lipinski definition) is 0. The van der Waals surface area contributed by atoms with Gasteiger partial charge in [0, 0.05) is 22.6 Å². The SMILES string of the molecule is O=C(c1cnc2ccc(Br)cc2c1)N1CC2CC1(CF)C2. The number of amides is 1. The third-order valence-electron chi connectivity index (χ3n) is 4.73. The summed E-state index contributed by atoms with van der Waals surface area (Å²) in [5.74, 6) is 0.384. The largest absolute Gasteiger partial charge is 0.330 e. The summed E-state index contributed by atoms with van der Waals surface area (Å²) in [6, 6.07) is 7.61. The summed E-state index contributed by atoms with van der Waals surface area (Å²) >= 11 is 3.42. The van der Waals surface area contributed by atoms with Gasteiger partial charge in [-0.15, -0.1) is 0 Å². The maximum atomic E-state index is 13.3. The summed E-state index contributed by atoms with van der Waals surface area (Å²) in [7, 11) is 0. The van der Waals surface area contributed by atoms with E-state index in [1.165, 1.54) is 0 Å². The van der Waals surface area contributed by atoms with Gasteiger partial charge in [0.25, 0.3) is 5.91 Å². The molecular weight excluding hydrogens is 335 g/mol. The fourth-order valence-corrected chi connectivity index (χ4v) is 4.05. The summed E-state index contributed by atoms with van der Waals surface area (Å²) in [6.45, 7) is 0.237. The summed E-state index contributed by atoms with van der Waals surface area (Å²) in [4.78, 5) is 18.7. The van der Waals surface area contributed by atoms with Crippen molar-refractivity contribution in [2.45, 2.75) is 18.4 Å². The second kappa shape index (κ2) is 4.50. The molecule has 0 N–H and O–H groups in total. The van der Waals surface area contributed by atoms with E-state index in [2.05, 4.69) is 20.9 Å². The van der Waals surface area contributed by atoms with Crippen molar-refractivity contribution in [1.29, 1.82) is 0 Å². The van der Waals surface area contributed by atoms with E-state index < -0.39 is 12.2 Å². The topological polar surface area (TPSA) is 33.2 Å². The van der Waals surface area contributed by atoms with Crippen molar-refractivity contribution in [3.05, 3.63) is 40.5 Å². The van der Waals surface area contributed by atoms with Crippen molar-refractivity contribution in [1.82, 2.24) is 9.88 Å². The summed E-state index contributed by atoms with van der Waals surface area (Å²) in [5, 5.41) is 0.913. The van der Waals surface area contributed by atoms with E-state index >= 15 is 0 Å². The van der Waals surface area contributed by atoms with Gasteiger partial charge in [-0.05, 0) is 43.0 Å². The van der Waals surface area contributed by atoms with Crippen LogP contribution in [-0.4, -0.2) is 34.5 Å². The van der Waals surface area contributed by atoms with Crippen LogP contribution < -0.4 is 0 Å². The lowest BCUT2D eigenvalue weighted by atomic mass is 9.74. The second-order valence-corrected chi connectivity index (χ2v) is 7.02. The molecule has 21 heavy (non-hydrogen) atoms. The predicted octanol–water partition coefficient (Wildman–Crippen LogP) is 3.57. The number of alkyl halides is 1. The molecule has 3 nitrogen and oxygen atoms in total. The van der Waals surface area contributed by atoms with Gasteiger partial charge in [0.05, 0.1) is 16.6 Å². The Labute approximate surface area is 130 Å². The Kier molecular flexibility index (Phi) is 2.83. The molecule has 2 bridgehead atoms. The monoisotopic (exact) mass is 348 g/mol. The average molecular weight is 349 g/mol. The van der Waals surface area contributed by atoms with Crippen LogP contribution in [-0.2, 0) is 0 Å². The number of pyridine rings is 1. The number of halogens is 2. The number of fused-ring (bicyclic) bond motifs is 2. The average Bonchev–Trinajstić information content (AvgIpc) is 3.00. The first kappa shape index (κ1) is 13.2. The lowest BCUT2D eigenvalue weighted by Crippen LogP contribution is -2.50. The highest BCUT2D eigenvalue weighted by Gasteiger charge is 2.57. The van der Waals surface area contributed by atoms with Crippen molar-refractivity contribution in [3.8, 4) is 0 Å². The van der Waals surface area contributed by atoms with Crippen LogP contribution in [0, 0.1) is 5.92 Å². The molecule has 5 rings (SSSR count). The van der Waals surface area contributed by atoms with Gasteiger partial charge in [0.15, 0.2) is 0 Å². The Morgan fingerprint density at radius 1 is 1.43 bits per heavy atom. The van der Waals surface area contributed by atoms with Gasteiger partial charge in [0.2, 0.25) is 0 Å². The van der Waals surface area contributed by atoms with Crippen LogP contribution in [0.2, 0.25) is 0 Å². The lowest BCUT2D eigenvalue weighted by Gasteiger charge is -2.39. The molecule has 5 heteroatoms. The van der Waals surface area contributed by atoms with Crippen LogP contribution in [0.25, 0.3) is 10.9 Å². The van der Waals surface area contributed by atoms with Gasteiger partial charge in [-0.25, -0.2) is 4.39 Å². The highest BCUT2D eigenvalue weighted by Crippen LogP contribution is 2.51. The van der Waals surface area contributed by atoms with E-state index in [9.17, 15) is 9.18 Å². The molecule has 3 fully saturated rings. The van der Waals surface area contributed by atoms with Crippen LogP contribution in [0.3, 0.4) is 0 Å². The zero-order chi connectivity index (χ0) is 14.6. The molecule has 1 saturated carbocycles. The van der Waals surface area contributed by atoms with Gasteiger partial charge >= 0.3 is 0 Å². The molecular formula is C16H14BrFN2O. The quantitative estimate of drug-likeness (QED) is 0.831. The molecule has 1 aromatic heterocycles. The van der Waals surface area contributed by atoms with Crippen molar-refractivity contribution in [2.75, 3.05) is 13.2 Å². The molecule has 1 aromatic carbocycles. The Bertz CT molecular complexity index is 742. The molecule has 0 atom stereocenters. The van der Waals surface area contributed by atoms with Crippen LogP contribution >= 0.6 is 15.9 Å². The molecule has 0 unspecified atom stereocenters. The van der Waals surface area contributed by atoms with E-state index in [1.807, 2.05) is 24.3 Å². The number of carbonyl (C=O) groups is 1. The highest BCUT2D eigenvalue weighted by atomic mass is 79.9. The molecule has 0 radical (unpaired) electrons.